The van der Waals surface area contributed by atoms with Crippen molar-refractivity contribution >= 4 is 72.6 Å². The molecule has 0 atom stereocenters. The molecule has 0 radical (unpaired) electrons. The fraction of sp³-hybridized carbons (Fsp3) is 0.0833. The quantitative estimate of drug-likeness (QED) is 0.718. The van der Waals surface area contributed by atoms with E-state index in [-0.39, 0.29) is 11.6 Å². The van der Waals surface area contributed by atoms with Crippen LogP contribution < -0.4 is 5.32 Å². The van der Waals surface area contributed by atoms with E-state index in [0.717, 1.165) is 4.68 Å². The Kier molecular flexibility index (Phi) is 5.08. The Labute approximate surface area is 146 Å². The zero-order valence-electron chi connectivity index (χ0n) is 10.5. The average molecular weight is 456 g/mol. The monoisotopic (exact) mass is 453 g/mol. The van der Waals surface area contributed by atoms with Crippen LogP contribution in [-0.2, 0) is 0 Å². The van der Waals surface area contributed by atoms with Gasteiger partial charge in [0.15, 0.2) is 5.69 Å². The maximum Gasteiger partial charge on any atom is 0.277 e. The number of anilines is 1. The van der Waals surface area contributed by atoms with Crippen molar-refractivity contribution in [3.8, 4) is 0 Å². The lowest BCUT2D eigenvalue weighted by molar-refractivity contribution is 0.0917. The summed E-state index contributed by atoms with van der Waals surface area (Å²) in [5, 5.41) is 7.31. The predicted molar refractivity (Wildman–Crippen MR) is 88.3 cm³/mol. The number of hydrogen-bond donors (Lipinski definition) is 1. The van der Waals surface area contributed by atoms with Crippen molar-refractivity contribution in [2.45, 2.75) is 6.92 Å². The van der Waals surface area contributed by atoms with Gasteiger partial charge in [-0.2, -0.15) is 9.78 Å². The molecule has 0 aliphatic carbocycles. The Hall–Kier alpha value is -0.890. The van der Waals surface area contributed by atoms with Gasteiger partial charge in [0.1, 0.15) is 4.60 Å². The Morgan fingerprint density at radius 2 is 1.95 bits per heavy atom. The maximum atomic E-state index is 12.2. The van der Waals surface area contributed by atoms with Crippen LogP contribution in [0.15, 0.2) is 27.3 Å². The van der Waals surface area contributed by atoms with Gasteiger partial charge >= 0.3 is 0 Å². The highest BCUT2D eigenvalue weighted by molar-refractivity contribution is 9.13. The third-order valence-electron chi connectivity index (χ3n) is 2.47. The third-order valence-corrected chi connectivity index (χ3v) is 5.03. The van der Waals surface area contributed by atoms with E-state index in [9.17, 15) is 9.59 Å². The van der Waals surface area contributed by atoms with E-state index >= 15 is 0 Å². The van der Waals surface area contributed by atoms with Gasteiger partial charge in [0.2, 0.25) is 5.91 Å². The second-order valence-electron chi connectivity index (χ2n) is 3.96. The molecule has 110 valence electrons. The minimum absolute atomic E-state index is 0.0584. The van der Waals surface area contributed by atoms with Gasteiger partial charge in [0.25, 0.3) is 5.91 Å². The molecule has 0 saturated heterocycles. The van der Waals surface area contributed by atoms with Crippen LogP contribution in [0.4, 0.5) is 5.69 Å². The summed E-state index contributed by atoms with van der Waals surface area (Å²) < 4.78 is 1.81. The second kappa shape index (κ2) is 6.48. The van der Waals surface area contributed by atoms with Gasteiger partial charge in [0, 0.05) is 11.9 Å². The number of amides is 1. The van der Waals surface area contributed by atoms with E-state index in [1.54, 1.807) is 12.1 Å². The number of carbonyl (C=O) groups excluding carboxylic acids is 2. The standard InChI is InChI=1S/C12H7Br2Cl2N3O2/c1-5(20)19-11(14)9(13)10(18-19)12(21)17-8-3-2-6(15)4-7(8)16/h2-4H,1H3,(H,17,21). The van der Waals surface area contributed by atoms with Gasteiger partial charge in [-0.3, -0.25) is 9.59 Å². The molecule has 0 bridgehead atoms. The lowest BCUT2D eigenvalue weighted by atomic mass is 10.3. The van der Waals surface area contributed by atoms with Crippen molar-refractivity contribution in [3.63, 3.8) is 0 Å². The number of nitrogens with zero attached hydrogens (tertiary/aromatic N) is 2. The van der Waals surface area contributed by atoms with Crippen LogP contribution in [0.5, 0.6) is 0 Å². The molecule has 1 heterocycles. The normalized spacial score (nSPS) is 10.5. The molecule has 0 fully saturated rings. The van der Waals surface area contributed by atoms with E-state index in [1.165, 1.54) is 13.0 Å². The Morgan fingerprint density at radius 1 is 1.29 bits per heavy atom. The molecule has 2 rings (SSSR count). The highest BCUT2D eigenvalue weighted by atomic mass is 79.9. The third kappa shape index (κ3) is 3.48. The Balaban J connectivity index is 2.33. The van der Waals surface area contributed by atoms with Crippen LogP contribution in [0.3, 0.4) is 0 Å². The topological polar surface area (TPSA) is 64.0 Å². The van der Waals surface area contributed by atoms with Crippen molar-refractivity contribution in [2.75, 3.05) is 5.32 Å². The van der Waals surface area contributed by atoms with Gasteiger partial charge in [-0.1, -0.05) is 23.2 Å². The number of benzene rings is 1. The summed E-state index contributed by atoms with van der Waals surface area (Å²) in [7, 11) is 0. The van der Waals surface area contributed by atoms with E-state index < -0.39 is 5.91 Å². The average Bonchev–Trinajstić information content (AvgIpc) is 2.70. The van der Waals surface area contributed by atoms with E-state index in [0.29, 0.717) is 24.8 Å². The molecule has 0 saturated carbocycles. The molecule has 0 aliphatic rings. The molecule has 0 unspecified atom stereocenters. The van der Waals surface area contributed by atoms with Crippen molar-refractivity contribution in [2.24, 2.45) is 0 Å². The van der Waals surface area contributed by atoms with Crippen molar-refractivity contribution in [3.05, 3.63) is 43.0 Å². The first-order chi connectivity index (χ1) is 9.81. The van der Waals surface area contributed by atoms with Gasteiger partial charge in [-0.05, 0) is 50.1 Å². The molecule has 5 nitrogen and oxygen atoms in total. The maximum absolute atomic E-state index is 12.2. The fourth-order valence-electron chi connectivity index (χ4n) is 1.50. The van der Waals surface area contributed by atoms with Crippen LogP contribution >= 0.6 is 55.1 Å². The summed E-state index contributed by atoms with van der Waals surface area (Å²) in [6.45, 7) is 1.34. The molecular formula is C12H7Br2Cl2N3O2. The highest BCUT2D eigenvalue weighted by Gasteiger charge is 2.22. The van der Waals surface area contributed by atoms with Gasteiger partial charge in [-0.15, -0.1) is 0 Å². The van der Waals surface area contributed by atoms with Crippen LogP contribution in [0, 0.1) is 0 Å². The number of rotatable bonds is 2. The van der Waals surface area contributed by atoms with E-state index in [2.05, 4.69) is 42.3 Å². The second-order valence-corrected chi connectivity index (χ2v) is 6.35. The molecule has 0 aliphatic heterocycles. The first kappa shape index (κ1) is 16.5. The summed E-state index contributed by atoms with van der Waals surface area (Å²) in [6, 6.07) is 4.69. The van der Waals surface area contributed by atoms with Gasteiger partial charge < -0.3 is 5.32 Å². The van der Waals surface area contributed by atoms with Crippen LogP contribution in [-0.4, -0.2) is 21.6 Å². The van der Waals surface area contributed by atoms with Gasteiger partial charge in [0.05, 0.1) is 15.2 Å². The molecule has 1 aromatic carbocycles. The van der Waals surface area contributed by atoms with Crippen LogP contribution in [0.25, 0.3) is 0 Å². The summed E-state index contributed by atoms with van der Waals surface area (Å²) in [6.07, 6.45) is 0. The first-order valence-corrected chi connectivity index (χ1v) is 7.86. The largest absolute Gasteiger partial charge is 0.319 e. The number of halogens is 4. The molecule has 0 spiro atoms. The Bertz CT molecular complexity index is 746. The summed E-state index contributed by atoms with van der Waals surface area (Å²) in [5.41, 5.74) is 0.453. The lowest BCUT2D eigenvalue weighted by Crippen LogP contribution is -2.15. The van der Waals surface area contributed by atoms with Crippen LogP contribution in [0.1, 0.15) is 22.2 Å². The molecule has 9 heteroatoms. The van der Waals surface area contributed by atoms with Crippen molar-refractivity contribution < 1.29 is 9.59 Å². The lowest BCUT2D eigenvalue weighted by Gasteiger charge is -2.06. The fourth-order valence-corrected chi connectivity index (χ4v) is 2.90. The molecule has 2 aromatic rings. The minimum Gasteiger partial charge on any atom is -0.319 e. The van der Waals surface area contributed by atoms with E-state index in [4.69, 9.17) is 23.2 Å². The molecule has 21 heavy (non-hydrogen) atoms. The van der Waals surface area contributed by atoms with E-state index in [1.807, 2.05) is 0 Å². The smallest absolute Gasteiger partial charge is 0.277 e. The van der Waals surface area contributed by atoms with Gasteiger partial charge in [-0.25, -0.2) is 0 Å². The number of nitrogens with one attached hydrogen (secondary N) is 1. The SMILES string of the molecule is CC(=O)n1nc(C(=O)Nc2ccc(Cl)cc2Cl)c(Br)c1Br. The number of hydrogen-bond acceptors (Lipinski definition) is 3. The Morgan fingerprint density at radius 3 is 2.48 bits per heavy atom. The molecule has 1 aromatic heterocycles. The summed E-state index contributed by atoms with van der Waals surface area (Å²) in [5.74, 6) is -0.835. The molecule has 1 amide bonds. The van der Waals surface area contributed by atoms with Crippen LogP contribution in [0.2, 0.25) is 10.0 Å². The number of carbonyl (C=O) groups is 2. The molecule has 1 N–H and O–H groups in total. The minimum atomic E-state index is -0.508. The first-order valence-electron chi connectivity index (χ1n) is 5.52. The molecular weight excluding hydrogens is 449 g/mol. The summed E-state index contributed by atoms with van der Waals surface area (Å²) in [4.78, 5) is 23.6. The predicted octanol–water partition coefficient (Wildman–Crippen LogP) is 4.63. The van der Waals surface area contributed by atoms with Crippen molar-refractivity contribution in [1.29, 1.82) is 0 Å². The zero-order chi connectivity index (χ0) is 15.7. The van der Waals surface area contributed by atoms with Crippen molar-refractivity contribution in [1.82, 2.24) is 9.78 Å². The highest BCUT2D eigenvalue weighted by Crippen LogP contribution is 2.29. The summed E-state index contributed by atoms with van der Waals surface area (Å²) >= 11 is 18.2. The number of aromatic nitrogens is 2. The zero-order valence-corrected chi connectivity index (χ0v) is 15.1.